The Bertz CT molecular complexity index is 896. The summed E-state index contributed by atoms with van der Waals surface area (Å²) in [6.45, 7) is 3.95. The van der Waals surface area contributed by atoms with Crippen molar-refractivity contribution < 1.29 is 9.53 Å². The third kappa shape index (κ3) is 5.38. The molecule has 1 N–H and O–H groups in total. The van der Waals surface area contributed by atoms with Crippen LogP contribution in [0.2, 0.25) is 0 Å². The van der Waals surface area contributed by atoms with Gasteiger partial charge in [-0.2, -0.15) is 0 Å². The number of benzene rings is 3. The van der Waals surface area contributed by atoms with Crippen molar-refractivity contribution in [2.24, 2.45) is 0 Å². The lowest BCUT2D eigenvalue weighted by molar-refractivity contribution is -0.122. The largest absolute Gasteiger partial charge is 0.481 e. The molecule has 3 aromatic carbocycles. The van der Waals surface area contributed by atoms with Gasteiger partial charge in [-0.25, -0.2) is 0 Å². The number of para-hydroxylation sites is 1. The monoisotopic (exact) mass is 377 g/mol. The number of anilines is 1. The number of aryl methyl sites for hydroxylation is 1. The number of hydrogen-bond acceptors (Lipinski definition) is 3. The fourth-order valence-electron chi connectivity index (χ4n) is 2.66. The molecule has 3 nitrogen and oxygen atoms in total. The molecule has 138 valence electrons. The topological polar surface area (TPSA) is 38.3 Å². The smallest absolute Gasteiger partial charge is 0.265 e. The molecular formula is C23H23NO2S. The van der Waals surface area contributed by atoms with Crippen LogP contribution in [0.15, 0.2) is 88.7 Å². The maximum absolute atomic E-state index is 12.8. The van der Waals surface area contributed by atoms with Crippen LogP contribution >= 0.6 is 11.8 Å². The second kappa shape index (κ2) is 9.28. The Balaban J connectivity index is 1.72. The van der Waals surface area contributed by atoms with Crippen LogP contribution in [-0.2, 0) is 4.79 Å². The molecule has 3 aromatic rings. The normalized spacial score (nSPS) is 11.6. The molecule has 1 amide bonds. The third-order valence-corrected chi connectivity index (χ3v) is 5.13. The predicted molar refractivity (Wildman–Crippen MR) is 112 cm³/mol. The molecule has 0 heterocycles. The summed E-state index contributed by atoms with van der Waals surface area (Å²) in [7, 11) is 0. The Morgan fingerprint density at radius 1 is 1.00 bits per heavy atom. The van der Waals surface area contributed by atoms with E-state index in [4.69, 9.17) is 4.74 Å². The van der Waals surface area contributed by atoms with E-state index in [-0.39, 0.29) is 5.91 Å². The van der Waals surface area contributed by atoms with E-state index >= 15 is 0 Å². The molecule has 0 aliphatic rings. The quantitative estimate of drug-likeness (QED) is 0.553. The zero-order valence-electron chi connectivity index (χ0n) is 15.5. The van der Waals surface area contributed by atoms with Crippen molar-refractivity contribution in [1.82, 2.24) is 0 Å². The fourth-order valence-corrected chi connectivity index (χ4v) is 3.59. The van der Waals surface area contributed by atoms with E-state index in [1.165, 1.54) is 0 Å². The van der Waals surface area contributed by atoms with Crippen molar-refractivity contribution in [3.8, 4) is 5.75 Å². The highest BCUT2D eigenvalue weighted by Crippen LogP contribution is 2.33. The number of ether oxygens (including phenoxy) is 1. The van der Waals surface area contributed by atoms with Crippen LogP contribution in [0.1, 0.15) is 18.9 Å². The first-order valence-corrected chi connectivity index (χ1v) is 9.83. The summed E-state index contributed by atoms with van der Waals surface area (Å²) >= 11 is 1.63. The highest BCUT2D eigenvalue weighted by atomic mass is 32.2. The van der Waals surface area contributed by atoms with Crippen LogP contribution in [0.5, 0.6) is 5.75 Å². The van der Waals surface area contributed by atoms with Crippen molar-refractivity contribution in [2.45, 2.75) is 36.2 Å². The number of nitrogens with one attached hydrogen (secondary N) is 1. The van der Waals surface area contributed by atoms with E-state index in [0.717, 1.165) is 21.0 Å². The minimum Gasteiger partial charge on any atom is -0.481 e. The SMILES string of the molecule is CCC(Oc1cccc(C)c1)C(=O)Nc1ccccc1Sc1ccccc1. The molecule has 0 radical (unpaired) electrons. The van der Waals surface area contributed by atoms with Crippen molar-refractivity contribution >= 4 is 23.4 Å². The molecule has 0 aliphatic heterocycles. The molecule has 0 aromatic heterocycles. The highest BCUT2D eigenvalue weighted by Gasteiger charge is 2.19. The van der Waals surface area contributed by atoms with E-state index < -0.39 is 6.10 Å². The zero-order chi connectivity index (χ0) is 19.1. The van der Waals surface area contributed by atoms with Crippen LogP contribution in [0.4, 0.5) is 5.69 Å². The molecule has 3 rings (SSSR count). The van der Waals surface area contributed by atoms with Gasteiger partial charge in [0.25, 0.3) is 5.91 Å². The molecule has 0 saturated heterocycles. The predicted octanol–water partition coefficient (Wildman–Crippen LogP) is 5.94. The molecule has 0 spiro atoms. The van der Waals surface area contributed by atoms with Gasteiger partial charge in [-0.3, -0.25) is 4.79 Å². The molecule has 1 atom stereocenters. The lowest BCUT2D eigenvalue weighted by atomic mass is 10.2. The molecule has 0 fully saturated rings. The summed E-state index contributed by atoms with van der Waals surface area (Å²) in [5.41, 5.74) is 1.90. The Hall–Kier alpha value is -2.72. The minimum atomic E-state index is -0.540. The average Bonchev–Trinajstić information content (AvgIpc) is 2.68. The van der Waals surface area contributed by atoms with Crippen LogP contribution < -0.4 is 10.1 Å². The second-order valence-corrected chi connectivity index (χ2v) is 7.35. The number of amides is 1. The first-order chi connectivity index (χ1) is 13.2. The minimum absolute atomic E-state index is 0.139. The van der Waals surface area contributed by atoms with Gasteiger partial charge in [-0.15, -0.1) is 0 Å². The molecule has 1 unspecified atom stereocenters. The Morgan fingerprint density at radius 3 is 2.48 bits per heavy atom. The summed E-state index contributed by atoms with van der Waals surface area (Å²) in [4.78, 5) is 14.9. The number of hydrogen-bond donors (Lipinski definition) is 1. The van der Waals surface area contributed by atoms with Crippen LogP contribution in [0.3, 0.4) is 0 Å². The Kier molecular flexibility index (Phi) is 6.55. The highest BCUT2D eigenvalue weighted by molar-refractivity contribution is 7.99. The molecule has 27 heavy (non-hydrogen) atoms. The summed E-state index contributed by atoms with van der Waals surface area (Å²) in [6, 6.07) is 25.7. The Morgan fingerprint density at radius 2 is 1.74 bits per heavy atom. The van der Waals surface area contributed by atoms with Crippen LogP contribution in [0.25, 0.3) is 0 Å². The number of carbonyl (C=O) groups is 1. The molecule has 0 saturated carbocycles. The Labute approximate surface area is 164 Å². The van der Waals surface area contributed by atoms with Crippen molar-refractivity contribution in [3.05, 3.63) is 84.4 Å². The summed E-state index contributed by atoms with van der Waals surface area (Å²) in [5.74, 6) is 0.573. The van der Waals surface area contributed by atoms with Crippen molar-refractivity contribution in [3.63, 3.8) is 0 Å². The van der Waals surface area contributed by atoms with Gasteiger partial charge in [0.2, 0.25) is 0 Å². The zero-order valence-corrected chi connectivity index (χ0v) is 16.3. The van der Waals surface area contributed by atoms with Crippen LogP contribution in [0, 0.1) is 6.92 Å². The fraction of sp³-hybridized carbons (Fsp3) is 0.174. The molecular weight excluding hydrogens is 354 g/mol. The van der Waals surface area contributed by atoms with Gasteiger partial charge in [-0.05, 0) is 55.3 Å². The molecule has 0 bridgehead atoms. The average molecular weight is 378 g/mol. The van der Waals surface area contributed by atoms with Gasteiger partial charge >= 0.3 is 0 Å². The van der Waals surface area contributed by atoms with E-state index in [1.807, 2.05) is 80.6 Å². The maximum atomic E-state index is 12.8. The standard InChI is InChI=1S/C23H23NO2S/c1-3-21(26-18-11-9-10-17(2)16-18)23(25)24-20-14-7-8-15-22(20)27-19-12-5-4-6-13-19/h4-16,21H,3H2,1-2H3,(H,24,25). The van der Waals surface area contributed by atoms with Gasteiger partial charge in [-0.1, -0.05) is 61.2 Å². The molecule has 4 heteroatoms. The van der Waals surface area contributed by atoms with Gasteiger partial charge < -0.3 is 10.1 Å². The first-order valence-electron chi connectivity index (χ1n) is 9.02. The summed E-state index contributed by atoms with van der Waals surface area (Å²) < 4.78 is 5.92. The third-order valence-electron chi connectivity index (χ3n) is 4.05. The summed E-state index contributed by atoms with van der Waals surface area (Å²) in [6.07, 6.45) is 0.0508. The first kappa shape index (κ1) is 19.1. The number of carbonyl (C=O) groups excluding carboxylic acids is 1. The van der Waals surface area contributed by atoms with E-state index in [1.54, 1.807) is 11.8 Å². The van der Waals surface area contributed by atoms with E-state index in [9.17, 15) is 4.79 Å². The lowest BCUT2D eigenvalue weighted by Crippen LogP contribution is -2.32. The van der Waals surface area contributed by atoms with E-state index in [2.05, 4.69) is 17.4 Å². The van der Waals surface area contributed by atoms with Gasteiger partial charge in [0, 0.05) is 9.79 Å². The maximum Gasteiger partial charge on any atom is 0.265 e. The van der Waals surface area contributed by atoms with E-state index in [0.29, 0.717) is 12.2 Å². The van der Waals surface area contributed by atoms with Crippen molar-refractivity contribution in [2.75, 3.05) is 5.32 Å². The molecule has 0 aliphatic carbocycles. The number of rotatable bonds is 7. The van der Waals surface area contributed by atoms with Gasteiger partial charge in [0.05, 0.1) is 5.69 Å². The van der Waals surface area contributed by atoms with Gasteiger partial charge in [0.15, 0.2) is 6.10 Å². The van der Waals surface area contributed by atoms with Gasteiger partial charge in [0.1, 0.15) is 5.75 Å². The lowest BCUT2D eigenvalue weighted by Gasteiger charge is -2.18. The van der Waals surface area contributed by atoms with Crippen molar-refractivity contribution in [1.29, 1.82) is 0 Å². The second-order valence-electron chi connectivity index (χ2n) is 6.23. The summed E-state index contributed by atoms with van der Waals surface area (Å²) in [5, 5.41) is 3.03. The van der Waals surface area contributed by atoms with Crippen LogP contribution in [-0.4, -0.2) is 12.0 Å².